The van der Waals surface area contributed by atoms with Gasteiger partial charge in [-0.1, -0.05) is 36.4 Å². The Bertz CT molecular complexity index is 954. The van der Waals surface area contributed by atoms with Crippen LogP contribution in [0, 0.1) is 6.92 Å². The number of amides is 2. The predicted molar refractivity (Wildman–Crippen MR) is 126 cm³/mol. The van der Waals surface area contributed by atoms with Gasteiger partial charge in [-0.25, -0.2) is 0 Å². The standard InChI is InChI=1S/C24H28N2O3S2/c1-19-11-15-31-22(19)17-26(16-20-8-4-3-5-9-20)23(27)18-25(12-7-13-29-2)24(28)21-10-6-14-30-21/h3-6,8-11,14-15H,7,12-13,16-18H2,1-2H3. The molecule has 5 nitrogen and oxygen atoms in total. The summed E-state index contributed by atoms with van der Waals surface area (Å²) in [5, 5.41) is 3.93. The molecular weight excluding hydrogens is 428 g/mol. The normalized spacial score (nSPS) is 10.8. The minimum absolute atomic E-state index is 0.0533. The Labute approximate surface area is 191 Å². The summed E-state index contributed by atoms with van der Waals surface area (Å²) in [6.45, 7) is 4.19. The third kappa shape index (κ3) is 6.75. The second-order valence-electron chi connectivity index (χ2n) is 7.31. The van der Waals surface area contributed by atoms with Crippen LogP contribution in [-0.4, -0.2) is 48.4 Å². The van der Waals surface area contributed by atoms with Crippen LogP contribution < -0.4 is 0 Å². The van der Waals surface area contributed by atoms with Gasteiger partial charge in [-0.3, -0.25) is 9.59 Å². The van der Waals surface area contributed by atoms with Crippen LogP contribution in [0.25, 0.3) is 0 Å². The smallest absolute Gasteiger partial charge is 0.264 e. The highest BCUT2D eigenvalue weighted by Crippen LogP contribution is 2.20. The number of aryl methyl sites for hydroxylation is 1. The molecule has 2 aromatic heterocycles. The van der Waals surface area contributed by atoms with Crippen molar-refractivity contribution in [3.8, 4) is 0 Å². The molecule has 164 valence electrons. The maximum absolute atomic E-state index is 13.4. The highest BCUT2D eigenvalue weighted by Gasteiger charge is 2.23. The Kier molecular flexibility index (Phi) is 8.82. The monoisotopic (exact) mass is 456 g/mol. The van der Waals surface area contributed by atoms with Gasteiger partial charge in [0, 0.05) is 31.7 Å². The van der Waals surface area contributed by atoms with Gasteiger partial charge in [0.1, 0.15) is 6.54 Å². The molecule has 0 saturated carbocycles. The number of hydrogen-bond donors (Lipinski definition) is 0. The number of carbonyl (C=O) groups is 2. The fraction of sp³-hybridized carbons (Fsp3) is 0.333. The molecule has 1 aromatic carbocycles. The topological polar surface area (TPSA) is 49.9 Å². The van der Waals surface area contributed by atoms with Gasteiger partial charge in [-0.05, 0) is 47.4 Å². The van der Waals surface area contributed by atoms with E-state index in [9.17, 15) is 9.59 Å². The van der Waals surface area contributed by atoms with Crippen molar-refractivity contribution in [2.75, 3.05) is 26.8 Å². The van der Waals surface area contributed by atoms with Gasteiger partial charge >= 0.3 is 0 Å². The van der Waals surface area contributed by atoms with E-state index in [2.05, 4.69) is 13.0 Å². The second-order valence-corrected chi connectivity index (χ2v) is 9.26. The first kappa shape index (κ1) is 23.2. The number of hydrogen-bond acceptors (Lipinski definition) is 5. The van der Waals surface area contributed by atoms with Gasteiger partial charge in [0.05, 0.1) is 11.4 Å². The van der Waals surface area contributed by atoms with E-state index in [-0.39, 0.29) is 18.4 Å². The van der Waals surface area contributed by atoms with Crippen LogP contribution in [0.2, 0.25) is 0 Å². The number of carbonyl (C=O) groups excluding carboxylic acids is 2. The van der Waals surface area contributed by atoms with E-state index in [0.29, 0.717) is 37.5 Å². The lowest BCUT2D eigenvalue weighted by Crippen LogP contribution is -2.43. The van der Waals surface area contributed by atoms with Gasteiger partial charge in [0.25, 0.3) is 5.91 Å². The Morgan fingerprint density at radius 1 is 0.935 bits per heavy atom. The van der Waals surface area contributed by atoms with Crippen molar-refractivity contribution in [1.82, 2.24) is 9.80 Å². The van der Waals surface area contributed by atoms with E-state index < -0.39 is 0 Å². The minimum Gasteiger partial charge on any atom is -0.385 e. The summed E-state index contributed by atoms with van der Waals surface area (Å²) in [4.78, 5) is 31.7. The molecular formula is C24H28N2O3S2. The van der Waals surface area contributed by atoms with Crippen molar-refractivity contribution in [3.05, 3.63) is 80.2 Å². The molecule has 0 atom stereocenters. The molecule has 0 fully saturated rings. The molecule has 7 heteroatoms. The molecule has 3 rings (SSSR count). The van der Waals surface area contributed by atoms with Crippen LogP contribution in [0.5, 0.6) is 0 Å². The van der Waals surface area contributed by atoms with Crippen molar-refractivity contribution in [3.63, 3.8) is 0 Å². The maximum Gasteiger partial charge on any atom is 0.264 e. The molecule has 31 heavy (non-hydrogen) atoms. The third-order valence-corrected chi connectivity index (χ3v) is 6.86. The molecule has 0 aliphatic heterocycles. The van der Waals surface area contributed by atoms with Crippen molar-refractivity contribution >= 4 is 34.5 Å². The van der Waals surface area contributed by atoms with Gasteiger partial charge < -0.3 is 14.5 Å². The molecule has 3 aromatic rings. The molecule has 0 radical (unpaired) electrons. The summed E-state index contributed by atoms with van der Waals surface area (Å²) in [6, 6.07) is 15.7. The molecule has 0 aliphatic carbocycles. The van der Waals surface area contributed by atoms with Crippen molar-refractivity contribution < 1.29 is 14.3 Å². The Hall–Kier alpha value is -2.48. The van der Waals surface area contributed by atoms with Crippen molar-refractivity contribution in [1.29, 1.82) is 0 Å². The minimum atomic E-state index is -0.105. The van der Waals surface area contributed by atoms with E-state index >= 15 is 0 Å². The summed E-state index contributed by atoms with van der Waals surface area (Å²) in [7, 11) is 1.64. The summed E-state index contributed by atoms with van der Waals surface area (Å²) in [6.07, 6.45) is 0.684. The van der Waals surface area contributed by atoms with Crippen LogP contribution in [0.1, 0.15) is 32.1 Å². The molecule has 2 amide bonds. The van der Waals surface area contributed by atoms with Crippen LogP contribution in [-0.2, 0) is 22.6 Å². The zero-order valence-corrected chi connectivity index (χ0v) is 19.6. The fourth-order valence-electron chi connectivity index (χ4n) is 3.25. The van der Waals surface area contributed by atoms with Gasteiger partial charge in [0.2, 0.25) is 5.91 Å². The molecule has 0 bridgehead atoms. The van der Waals surface area contributed by atoms with Crippen LogP contribution >= 0.6 is 22.7 Å². The fourth-order valence-corrected chi connectivity index (χ4v) is 4.86. The van der Waals surface area contributed by atoms with E-state index in [4.69, 9.17) is 4.74 Å². The average molecular weight is 457 g/mol. The van der Waals surface area contributed by atoms with Crippen molar-refractivity contribution in [2.24, 2.45) is 0 Å². The number of methoxy groups -OCH3 is 1. The molecule has 0 unspecified atom stereocenters. The summed E-state index contributed by atoms with van der Waals surface area (Å²) < 4.78 is 5.15. The number of nitrogens with zero attached hydrogens (tertiary/aromatic N) is 2. The van der Waals surface area contributed by atoms with E-state index in [0.717, 1.165) is 5.56 Å². The highest BCUT2D eigenvalue weighted by atomic mass is 32.1. The number of thiophene rings is 2. The first-order chi connectivity index (χ1) is 15.1. The molecule has 0 aliphatic rings. The van der Waals surface area contributed by atoms with Crippen LogP contribution in [0.4, 0.5) is 0 Å². The number of rotatable bonds is 11. The van der Waals surface area contributed by atoms with Crippen LogP contribution in [0.3, 0.4) is 0 Å². The first-order valence-electron chi connectivity index (χ1n) is 10.2. The summed E-state index contributed by atoms with van der Waals surface area (Å²) >= 11 is 3.05. The lowest BCUT2D eigenvalue weighted by molar-refractivity contribution is -0.133. The molecule has 0 spiro atoms. The lowest BCUT2D eigenvalue weighted by atomic mass is 10.2. The maximum atomic E-state index is 13.4. The average Bonchev–Trinajstić information content (AvgIpc) is 3.45. The zero-order valence-electron chi connectivity index (χ0n) is 18.0. The predicted octanol–water partition coefficient (Wildman–Crippen LogP) is 4.83. The third-order valence-electron chi connectivity index (χ3n) is 4.99. The summed E-state index contributed by atoms with van der Waals surface area (Å²) in [5.41, 5.74) is 2.25. The number of ether oxygens (including phenoxy) is 1. The Balaban J connectivity index is 1.77. The van der Waals surface area contributed by atoms with E-state index in [1.165, 1.54) is 21.8 Å². The molecule has 0 N–H and O–H groups in total. The van der Waals surface area contributed by atoms with Gasteiger partial charge in [-0.2, -0.15) is 0 Å². The Morgan fingerprint density at radius 3 is 2.39 bits per heavy atom. The van der Waals surface area contributed by atoms with Crippen molar-refractivity contribution in [2.45, 2.75) is 26.4 Å². The SMILES string of the molecule is COCCCN(CC(=O)N(Cc1ccccc1)Cc1sccc1C)C(=O)c1cccs1. The summed E-state index contributed by atoms with van der Waals surface area (Å²) in [5.74, 6) is -0.162. The largest absolute Gasteiger partial charge is 0.385 e. The van der Waals surface area contributed by atoms with E-state index in [1.54, 1.807) is 29.4 Å². The number of benzene rings is 1. The lowest BCUT2D eigenvalue weighted by Gasteiger charge is -2.27. The van der Waals surface area contributed by atoms with Gasteiger partial charge in [0.15, 0.2) is 0 Å². The second kappa shape index (κ2) is 11.8. The van der Waals surface area contributed by atoms with Crippen LogP contribution in [0.15, 0.2) is 59.3 Å². The first-order valence-corrected chi connectivity index (χ1v) is 12.0. The van der Waals surface area contributed by atoms with Gasteiger partial charge in [-0.15, -0.1) is 22.7 Å². The quantitative estimate of drug-likeness (QED) is 0.389. The highest BCUT2D eigenvalue weighted by molar-refractivity contribution is 7.12. The Morgan fingerprint density at radius 2 is 1.74 bits per heavy atom. The zero-order chi connectivity index (χ0) is 22.1. The molecule has 0 saturated heterocycles. The molecule has 2 heterocycles. The van der Waals surface area contributed by atoms with E-state index in [1.807, 2.05) is 52.1 Å².